The Morgan fingerprint density at radius 2 is 0.606 bits per heavy atom. The first-order valence-corrected chi connectivity index (χ1v) is 40.0. The number of nitrogens with zero attached hydrogens (tertiary/aromatic N) is 1. The minimum absolute atomic E-state index is 0.0438. The van der Waals surface area contributed by atoms with Gasteiger partial charge in [-0.05, 0) is 122 Å². The predicted molar refractivity (Wildman–Crippen MR) is 406 cm³/mol. The first-order chi connectivity index (χ1) is 46.0. The van der Waals surface area contributed by atoms with Gasteiger partial charge in [-0.1, -0.05) is 333 Å². The van der Waals surface area contributed by atoms with E-state index in [1.165, 1.54) is 180 Å². The molecule has 0 fully saturated rings. The van der Waals surface area contributed by atoms with Crippen LogP contribution >= 0.6 is 7.82 Å². The van der Waals surface area contributed by atoms with Crippen molar-refractivity contribution >= 4 is 19.8 Å². The van der Waals surface area contributed by atoms with Crippen LogP contribution in [0.5, 0.6) is 0 Å². The summed E-state index contributed by atoms with van der Waals surface area (Å²) in [5.41, 5.74) is 0. The van der Waals surface area contributed by atoms with Gasteiger partial charge in [-0.3, -0.25) is 14.2 Å². The molecule has 0 amide bonds. The van der Waals surface area contributed by atoms with E-state index in [2.05, 4.69) is 160 Å². The molecule has 0 rings (SSSR count). The molecular weight excluding hydrogens is 1180 g/mol. The zero-order valence-electron chi connectivity index (χ0n) is 61.4. The number of likely N-dealkylation sites (N-methyl/N-ethyl adjacent to an activating group) is 1. The van der Waals surface area contributed by atoms with E-state index in [1.807, 2.05) is 21.1 Å². The van der Waals surface area contributed by atoms with Crippen LogP contribution < -0.4 is 4.89 Å². The van der Waals surface area contributed by atoms with Crippen LogP contribution in [-0.4, -0.2) is 70.0 Å². The summed E-state index contributed by atoms with van der Waals surface area (Å²) in [7, 11) is 1.13. The third-order valence-electron chi connectivity index (χ3n) is 16.3. The summed E-state index contributed by atoms with van der Waals surface area (Å²) < 4.78 is 34.3. The first-order valence-electron chi connectivity index (χ1n) is 38.5. The van der Waals surface area contributed by atoms with Gasteiger partial charge in [0.1, 0.15) is 19.8 Å². The summed E-state index contributed by atoms with van der Waals surface area (Å²) in [6, 6.07) is 0. The Balaban J connectivity index is 4.04. The molecule has 538 valence electrons. The molecule has 0 aromatic rings. The van der Waals surface area contributed by atoms with Crippen LogP contribution in [0.15, 0.2) is 146 Å². The summed E-state index contributed by atoms with van der Waals surface area (Å²) in [5.74, 6) is -0.871. The molecule has 0 aliphatic heterocycles. The van der Waals surface area contributed by atoms with Gasteiger partial charge in [0.05, 0.1) is 27.7 Å². The lowest BCUT2D eigenvalue weighted by Gasteiger charge is -2.28. The van der Waals surface area contributed by atoms with Crippen molar-refractivity contribution in [1.82, 2.24) is 0 Å². The number of phosphoric acid groups is 1. The van der Waals surface area contributed by atoms with Crippen molar-refractivity contribution in [2.75, 3.05) is 47.5 Å². The molecule has 0 radical (unpaired) electrons. The standard InChI is InChI=1S/C84H144NO8P/c1-6-8-10-12-14-16-18-20-22-24-26-28-30-32-34-36-38-39-40-41-42-43-44-45-47-48-50-52-54-56-58-60-62-64-66-68-70-72-74-76-83(86)90-80-82(81-92-94(88,89)91-79-78-85(3,4)5)93-84(87)77-75-73-71-69-67-65-63-61-59-57-55-53-51-49-46-37-35-33-31-29-27-25-23-21-19-17-15-13-11-9-7-2/h9,11,15,17-18,20-21,23-24,26-27,29-30,32-33,35,46,49,53,55,59,61,65,67,82H,6-8,10,12-14,16,19,22,25,28,31,34,36-45,47-48,50-52,54,56-58,60,62-64,66,68-81H2,1-5H3/b11-9-,17-15-,20-18-,23-21-,26-24-,29-27-,32-30-,35-33-,49-46-,55-53-,61-59-,67-65-. The third-order valence-corrected chi connectivity index (χ3v) is 17.3. The molecule has 0 aliphatic rings. The van der Waals surface area contributed by atoms with Crippen molar-refractivity contribution < 1.29 is 42.1 Å². The topological polar surface area (TPSA) is 111 Å². The fourth-order valence-electron chi connectivity index (χ4n) is 10.5. The summed E-state index contributed by atoms with van der Waals surface area (Å²) in [5, 5.41) is 0. The van der Waals surface area contributed by atoms with Gasteiger partial charge in [0.2, 0.25) is 0 Å². The summed E-state index contributed by atoms with van der Waals surface area (Å²) in [6.07, 6.45) is 108. The molecule has 2 unspecified atom stereocenters. The number of quaternary nitrogens is 1. The van der Waals surface area contributed by atoms with Crippen LogP contribution in [0, 0.1) is 0 Å². The number of ether oxygens (including phenoxy) is 2. The Bertz CT molecular complexity index is 2100. The average Bonchev–Trinajstić information content (AvgIpc) is 1.66. The molecule has 0 aromatic carbocycles. The van der Waals surface area contributed by atoms with Crippen LogP contribution in [-0.2, 0) is 32.7 Å². The van der Waals surface area contributed by atoms with E-state index in [0.29, 0.717) is 17.4 Å². The molecule has 0 spiro atoms. The maximum atomic E-state index is 12.9. The number of esters is 2. The Morgan fingerprint density at radius 3 is 0.915 bits per heavy atom. The Morgan fingerprint density at radius 1 is 0.340 bits per heavy atom. The summed E-state index contributed by atoms with van der Waals surface area (Å²) in [6.45, 7) is 4.09. The second kappa shape index (κ2) is 73.1. The number of unbranched alkanes of at least 4 members (excludes halogenated alkanes) is 32. The highest BCUT2D eigenvalue weighted by molar-refractivity contribution is 7.45. The number of rotatable bonds is 70. The van der Waals surface area contributed by atoms with Crippen molar-refractivity contribution in [3.63, 3.8) is 0 Å². The number of carbonyl (C=O) groups excluding carboxylic acids is 2. The Kier molecular flexibility index (Phi) is 69.9. The monoisotopic (exact) mass is 1330 g/mol. The smallest absolute Gasteiger partial charge is 0.306 e. The normalized spacial score (nSPS) is 13.9. The minimum Gasteiger partial charge on any atom is -0.756 e. The zero-order chi connectivity index (χ0) is 68.3. The van der Waals surface area contributed by atoms with Gasteiger partial charge in [-0.2, -0.15) is 0 Å². The fourth-order valence-corrected chi connectivity index (χ4v) is 11.2. The first kappa shape index (κ1) is 89.9. The zero-order valence-corrected chi connectivity index (χ0v) is 62.3. The molecule has 0 saturated carbocycles. The van der Waals surface area contributed by atoms with Crippen molar-refractivity contribution in [2.45, 2.75) is 328 Å². The SMILES string of the molecule is CC/C=C\C/C=C\C/C=C\C/C=C\C/C=C\C/C=C\C/C=C\C/C=C\C/C=C\CCCCCC(=O)OC(COC(=O)CCCCCCCCCCCCCCCCCCCCCCCCCC/C=C\C/C=C\C/C=C\CCCCCCC)COP(=O)([O-])OCC[N+](C)(C)C. The maximum absolute atomic E-state index is 12.9. The average molecular weight is 1330 g/mol. The lowest BCUT2D eigenvalue weighted by molar-refractivity contribution is -0.870. The molecule has 0 heterocycles. The molecular formula is C84H144NO8P. The van der Waals surface area contributed by atoms with Gasteiger partial charge in [0, 0.05) is 12.8 Å². The minimum atomic E-state index is -4.66. The second-order valence-electron chi connectivity index (χ2n) is 26.6. The third kappa shape index (κ3) is 76.9. The van der Waals surface area contributed by atoms with Crippen LogP contribution in [0.3, 0.4) is 0 Å². The number of allylic oxidation sites excluding steroid dienone is 24. The molecule has 0 saturated heterocycles. The number of phosphoric ester groups is 1. The van der Waals surface area contributed by atoms with Gasteiger partial charge in [-0.15, -0.1) is 0 Å². The van der Waals surface area contributed by atoms with Crippen LogP contribution in [0.4, 0.5) is 0 Å². The van der Waals surface area contributed by atoms with Crippen LogP contribution in [0.1, 0.15) is 322 Å². The van der Waals surface area contributed by atoms with Crippen molar-refractivity contribution in [2.24, 2.45) is 0 Å². The molecule has 9 nitrogen and oxygen atoms in total. The van der Waals surface area contributed by atoms with Gasteiger partial charge >= 0.3 is 11.9 Å². The van der Waals surface area contributed by atoms with Crippen molar-refractivity contribution in [1.29, 1.82) is 0 Å². The highest BCUT2D eigenvalue weighted by Gasteiger charge is 2.22. The largest absolute Gasteiger partial charge is 0.756 e. The summed E-state index contributed by atoms with van der Waals surface area (Å²) in [4.78, 5) is 38.1. The van der Waals surface area contributed by atoms with E-state index in [1.54, 1.807) is 0 Å². The molecule has 0 aliphatic carbocycles. The van der Waals surface area contributed by atoms with E-state index in [0.717, 1.165) is 109 Å². The van der Waals surface area contributed by atoms with E-state index >= 15 is 0 Å². The van der Waals surface area contributed by atoms with Gasteiger partial charge in [-0.25, -0.2) is 0 Å². The van der Waals surface area contributed by atoms with Gasteiger partial charge < -0.3 is 27.9 Å². The predicted octanol–water partition coefficient (Wildman–Crippen LogP) is 25.1. The van der Waals surface area contributed by atoms with E-state index < -0.39 is 32.5 Å². The number of hydrogen-bond donors (Lipinski definition) is 0. The van der Waals surface area contributed by atoms with E-state index in [-0.39, 0.29) is 26.1 Å². The van der Waals surface area contributed by atoms with E-state index in [9.17, 15) is 19.0 Å². The second-order valence-corrected chi connectivity index (χ2v) is 28.0. The lowest BCUT2D eigenvalue weighted by Crippen LogP contribution is -2.37. The molecule has 2 atom stereocenters. The molecule has 10 heteroatoms. The molecule has 0 aromatic heterocycles. The lowest BCUT2D eigenvalue weighted by atomic mass is 10.0. The Hall–Kier alpha value is -4.11. The van der Waals surface area contributed by atoms with E-state index in [4.69, 9.17) is 18.5 Å². The van der Waals surface area contributed by atoms with Crippen molar-refractivity contribution in [3.8, 4) is 0 Å². The van der Waals surface area contributed by atoms with Crippen LogP contribution in [0.2, 0.25) is 0 Å². The maximum Gasteiger partial charge on any atom is 0.306 e. The van der Waals surface area contributed by atoms with Crippen molar-refractivity contribution in [3.05, 3.63) is 146 Å². The van der Waals surface area contributed by atoms with Gasteiger partial charge in [0.15, 0.2) is 6.10 Å². The quantitative estimate of drug-likeness (QED) is 0.0195. The highest BCUT2D eigenvalue weighted by atomic mass is 31.2. The molecule has 0 bridgehead atoms. The van der Waals surface area contributed by atoms with Gasteiger partial charge in [0.25, 0.3) is 7.82 Å². The fraction of sp³-hybridized carbons (Fsp3) is 0.690. The number of hydrogen-bond acceptors (Lipinski definition) is 8. The molecule has 0 N–H and O–H groups in total. The molecule has 94 heavy (non-hydrogen) atoms. The highest BCUT2D eigenvalue weighted by Crippen LogP contribution is 2.38. The number of carbonyl (C=O) groups is 2. The summed E-state index contributed by atoms with van der Waals surface area (Å²) >= 11 is 0. The van der Waals surface area contributed by atoms with Crippen LogP contribution in [0.25, 0.3) is 0 Å². The Labute approximate surface area is 580 Å².